The highest BCUT2D eigenvalue weighted by molar-refractivity contribution is 5.86. The van der Waals surface area contributed by atoms with Crippen LogP contribution in [0.4, 0.5) is 0 Å². The van der Waals surface area contributed by atoms with Crippen molar-refractivity contribution in [2.75, 3.05) is 5.43 Å². The summed E-state index contributed by atoms with van der Waals surface area (Å²) in [4.78, 5) is 29.6. The molecule has 0 saturated carbocycles. The van der Waals surface area contributed by atoms with Gasteiger partial charge in [-0.05, 0) is 31.0 Å². The van der Waals surface area contributed by atoms with Crippen LogP contribution < -0.4 is 11.0 Å². The highest BCUT2D eigenvalue weighted by atomic mass is 16.2. The van der Waals surface area contributed by atoms with Crippen LogP contribution in [0.5, 0.6) is 0 Å². The van der Waals surface area contributed by atoms with Crippen LogP contribution in [0.3, 0.4) is 0 Å². The smallest absolute Gasteiger partial charge is 0.273 e. The Morgan fingerprint density at radius 1 is 0.875 bits per heavy atom. The number of carbonyl (C=O) groups is 1. The lowest BCUT2D eigenvalue weighted by Gasteiger charge is -2.13. The maximum atomic E-state index is 12.8. The van der Waals surface area contributed by atoms with E-state index in [1.165, 1.54) is 75.3 Å². The van der Waals surface area contributed by atoms with E-state index >= 15 is 0 Å². The fourth-order valence-electron chi connectivity index (χ4n) is 4.23. The quantitative estimate of drug-likeness (QED) is 0.272. The number of rotatable bonds is 17. The summed E-state index contributed by atoms with van der Waals surface area (Å²) in [5.74, 6) is -0.115. The first-order valence-electron chi connectivity index (χ1n) is 13.0. The van der Waals surface area contributed by atoms with Crippen molar-refractivity contribution >= 4 is 16.9 Å². The first kappa shape index (κ1) is 26.1. The summed E-state index contributed by atoms with van der Waals surface area (Å²) >= 11 is 0. The molecule has 0 fully saturated rings. The average Bonchev–Trinajstić information content (AvgIpc) is 2.80. The Morgan fingerprint density at radius 2 is 1.47 bits per heavy atom. The first-order chi connectivity index (χ1) is 15.7. The molecule has 0 spiro atoms. The molecule has 0 aromatic carbocycles. The van der Waals surface area contributed by atoms with Gasteiger partial charge >= 0.3 is 0 Å². The van der Waals surface area contributed by atoms with Crippen molar-refractivity contribution in [2.24, 2.45) is 0 Å². The van der Waals surface area contributed by atoms with E-state index in [0.717, 1.165) is 24.6 Å². The van der Waals surface area contributed by atoms with Gasteiger partial charge in [-0.25, -0.2) is 4.98 Å². The third-order valence-corrected chi connectivity index (χ3v) is 6.10. The third-order valence-electron chi connectivity index (χ3n) is 6.10. The number of aryl methyl sites for hydroxylation is 1. The van der Waals surface area contributed by atoms with Crippen molar-refractivity contribution in [1.82, 2.24) is 9.66 Å². The molecular weight excluding hydrogens is 398 g/mol. The molecular formula is C27H43N3O2. The number of unbranched alkanes of at least 4 members (excludes halogenated alkanes) is 12. The standard InChI is InChI=1S/C27H43N3O2/c1-3-5-6-7-8-9-10-11-12-13-14-15-16-20-25(31)29-30-26-23(19-17-21-28-26)22-24(18-4-2)27(30)32/h17,19,21-22H,3-16,18,20H2,1-2H3,(H,29,31). The fraction of sp³-hybridized carbons (Fsp3) is 0.667. The molecule has 0 atom stereocenters. The zero-order valence-electron chi connectivity index (χ0n) is 20.3. The minimum absolute atomic E-state index is 0.115. The summed E-state index contributed by atoms with van der Waals surface area (Å²) in [5, 5.41) is 0.872. The Hall–Kier alpha value is -2.17. The van der Waals surface area contributed by atoms with Gasteiger partial charge in [-0.2, -0.15) is 4.68 Å². The normalized spacial score (nSPS) is 11.2. The van der Waals surface area contributed by atoms with E-state index in [4.69, 9.17) is 0 Å². The van der Waals surface area contributed by atoms with Gasteiger partial charge in [0, 0.05) is 23.6 Å². The lowest BCUT2D eigenvalue weighted by molar-refractivity contribution is -0.117. The fourth-order valence-corrected chi connectivity index (χ4v) is 4.23. The van der Waals surface area contributed by atoms with E-state index < -0.39 is 0 Å². The maximum absolute atomic E-state index is 12.8. The lowest BCUT2D eigenvalue weighted by atomic mass is 10.0. The van der Waals surface area contributed by atoms with Crippen molar-refractivity contribution in [1.29, 1.82) is 0 Å². The molecule has 5 heteroatoms. The molecule has 5 nitrogen and oxygen atoms in total. The summed E-state index contributed by atoms with van der Waals surface area (Å²) < 4.78 is 1.34. The second-order valence-electron chi connectivity index (χ2n) is 9.00. The Morgan fingerprint density at radius 3 is 2.06 bits per heavy atom. The SMILES string of the molecule is CCCCCCCCCCCCCCCC(=O)Nn1c(=O)c(CCC)cc2cccnc21. The largest absolute Gasteiger partial charge is 0.274 e. The number of hydrogen-bond donors (Lipinski definition) is 1. The van der Waals surface area contributed by atoms with Crippen molar-refractivity contribution in [2.45, 2.75) is 117 Å². The summed E-state index contributed by atoms with van der Waals surface area (Å²) in [6.07, 6.45) is 20.3. The van der Waals surface area contributed by atoms with E-state index in [0.29, 0.717) is 24.1 Å². The molecule has 2 aromatic heterocycles. The number of pyridine rings is 2. The Labute approximate surface area is 194 Å². The minimum Gasteiger partial charge on any atom is -0.273 e. The van der Waals surface area contributed by atoms with Gasteiger partial charge < -0.3 is 0 Å². The van der Waals surface area contributed by atoms with Crippen LogP contribution >= 0.6 is 0 Å². The van der Waals surface area contributed by atoms with Gasteiger partial charge in [0.2, 0.25) is 5.91 Å². The summed E-state index contributed by atoms with van der Waals surface area (Å²) in [6, 6.07) is 5.67. The van der Waals surface area contributed by atoms with E-state index in [9.17, 15) is 9.59 Å². The Balaban J connectivity index is 1.65. The van der Waals surface area contributed by atoms with E-state index in [-0.39, 0.29) is 11.5 Å². The number of fused-ring (bicyclic) bond motifs is 1. The van der Waals surface area contributed by atoms with Crippen molar-refractivity contribution < 1.29 is 4.79 Å². The van der Waals surface area contributed by atoms with Crippen LogP contribution in [-0.4, -0.2) is 15.6 Å². The van der Waals surface area contributed by atoms with Crippen LogP contribution in [0, 0.1) is 0 Å². The lowest BCUT2D eigenvalue weighted by Crippen LogP contribution is -2.35. The Bertz CT molecular complexity index is 860. The average molecular weight is 442 g/mol. The number of hydrogen-bond acceptors (Lipinski definition) is 3. The molecule has 0 aliphatic carbocycles. The van der Waals surface area contributed by atoms with Gasteiger partial charge in [-0.1, -0.05) is 97.3 Å². The molecule has 178 valence electrons. The molecule has 0 saturated heterocycles. The highest BCUT2D eigenvalue weighted by Crippen LogP contribution is 2.14. The number of nitrogens with one attached hydrogen (secondary N) is 1. The van der Waals surface area contributed by atoms with Crippen LogP contribution in [0.2, 0.25) is 0 Å². The van der Waals surface area contributed by atoms with Crippen molar-refractivity contribution in [3.8, 4) is 0 Å². The molecule has 0 unspecified atom stereocenters. The zero-order valence-corrected chi connectivity index (χ0v) is 20.3. The van der Waals surface area contributed by atoms with Gasteiger partial charge in [-0.15, -0.1) is 0 Å². The Kier molecular flexibility index (Phi) is 12.7. The molecule has 0 aliphatic heterocycles. The topological polar surface area (TPSA) is 64.0 Å². The van der Waals surface area contributed by atoms with E-state index in [1.54, 1.807) is 6.20 Å². The van der Waals surface area contributed by atoms with Gasteiger partial charge in [0.15, 0.2) is 5.65 Å². The molecule has 0 radical (unpaired) electrons. The van der Waals surface area contributed by atoms with Gasteiger partial charge in [0.05, 0.1) is 0 Å². The number of aromatic nitrogens is 2. The van der Waals surface area contributed by atoms with Crippen LogP contribution in [0.15, 0.2) is 29.2 Å². The van der Waals surface area contributed by atoms with E-state index in [2.05, 4.69) is 17.3 Å². The number of nitrogens with zero attached hydrogens (tertiary/aromatic N) is 2. The molecule has 0 bridgehead atoms. The molecule has 2 rings (SSSR count). The van der Waals surface area contributed by atoms with Crippen LogP contribution in [0.1, 0.15) is 116 Å². The van der Waals surface area contributed by atoms with Gasteiger partial charge in [0.1, 0.15) is 0 Å². The predicted octanol–water partition coefficient (Wildman–Crippen LogP) is 6.90. The van der Waals surface area contributed by atoms with Gasteiger partial charge in [0.25, 0.3) is 5.56 Å². The van der Waals surface area contributed by atoms with Crippen molar-refractivity contribution in [3.63, 3.8) is 0 Å². The molecule has 1 N–H and O–H groups in total. The molecule has 2 aromatic rings. The van der Waals surface area contributed by atoms with Gasteiger partial charge in [-0.3, -0.25) is 15.0 Å². The second kappa shape index (κ2) is 15.6. The van der Waals surface area contributed by atoms with E-state index in [1.807, 2.05) is 25.1 Å². The maximum Gasteiger partial charge on any atom is 0.274 e. The first-order valence-corrected chi connectivity index (χ1v) is 13.0. The number of amides is 1. The third kappa shape index (κ3) is 9.13. The summed E-state index contributed by atoms with van der Waals surface area (Å²) in [7, 11) is 0. The van der Waals surface area contributed by atoms with Crippen LogP contribution in [-0.2, 0) is 11.2 Å². The number of carbonyl (C=O) groups excluding carboxylic acids is 1. The van der Waals surface area contributed by atoms with Crippen LogP contribution in [0.25, 0.3) is 11.0 Å². The van der Waals surface area contributed by atoms with Crippen molar-refractivity contribution in [3.05, 3.63) is 40.3 Å². The predicted molar refractivity (Wildman–Crippen MR) is 135 cm³/mol. The zero-order chi connectivity index (χ0) is 23.0. The molecule has 32 heavy (non-hydrogen) atoms. The molecule has 0 aliphatic rings. The monoisotopic (exact) mass is 441 g/mol. The highest BCUT2D eigenvalue weighted by Gasteiger charge is 2.12. The minimum atomic E-state index is -0.170. The second-order valence-corrected chi connectivity index (χ2v) is 9.00. The summed E-state index contributed by atoms with van der Waals surface area (Å²) in [5.41, 5.74) is 3.86. The molecule has 2 heterocycles. The summed E-state index contributed by atoms with van der Waals surface area (Å²) in [6.45, 7) is 4.31. The molecule has 1 amide bonds.